The molecule has 1 N–H and O–H groups in total. The van der Waals surface area contributed by atoms with Gasteiger partial charge in [0.05, 0.1) is 20.1 Å². The molecule has 4 heteroatoms. The highest BCUT2D eigenvalue weighted by Crippen LogP contribution is 2.23. The Hall–Kier alpha value is -1.13. The number of thiophene rings is 1. The topological polar surface area (TPSA) is 24.4 Å². The van der Waals surface area contributed by atoms with Gasteiger partial charge in [0.1, 0.15) is 0 Å². The van der Waals surface area contributed by atoms with Crippen molar-refractivity contribution in [2.45, 2.75) is 13.8 Å². The van der Waals surface area contributed by atoms with Crippen LogP contribution in [0.1, 0.15) is 17.4 Å². The summed E-state index contributed by atoms with van der Waals surface area (Å²) >= 11 is 5.13. The molecule has 0 spiro atoms. The van der Waals surface area contributed by atoms with Crippen LogP contribution in [0.2, 0.25) is 0 Å². The second kappa shape index (κ2) is 5.47. The molecule has 0 atom stereocenters. The van der Waals surface area contributed by atoms with Gasteiger partial charge in [-0.25, -0.2) is 0 Å². The van der Waals surface area contributed by atoms with Crippen LogP contribution < -0.4 is 5.43 Å². The Morgan fingerprint density at radius 3 is 2.65 bits per heavy atom. The molecule has 17 heavy (non-hydrogen) atoms. The molecule has 1 heterocycles. The van der Waals surface area contributed by atoms with Crippen molar-refractivity contribution in [2.75, 3.05) is 5.43 Å². The van der Waals surface area contributed by atoms with E-state index in [4.69, 9.17) is 0 Å². The van der Waals surface area contributed by atoms with E-state index in [1.165, 1.54) is 5.56 Å². The Morgan fingerprint density at radius 2 is 2.00 bits per heavy atom. The van der Waals surface area contributed by atoms with E-state index in [0.717, 1.165) is 20.1 Å². The van der Waals surface area contributed by atoms with Crippen LogP contribution in [-0.2, 0) is 0 Å². The molecule has 2 rings (SSSR count). The number of hydrazone groups is 1. The number of para-hydroxylation sites is 1. The van der Waals surface area contributed by atoms with Crippen molar-refractivity contribution < 1.29 is 0 Å². The van der Waals surface area contributed by atoms with Gasteiger partial charge in [0.15, 0.2) is 0 Å². The van der Waals surface area contributed by atoms with Crippen LogP contribution in [0.25, 0.3) is 0 Å². The van der Waals surface area contributed by atoms with E-state index in [0.29, 0.717) is 0 Å². The normalized spacial score (nSPS) is 11.6. The fraction of sp³-hybridized carbons (Fsp3) is 0.154. The van der Waals surface area contributed by atoms with Gasteiger partial charge in [-0.3, -0.25) is 5.43 Å². The van der Waals surface area contributed by atoms with Crippen LogP contribution in [0.3, 0.4) is 0 Å². The Morgan fingerprint density at radius 1 is 1.24 bits per heavy atom. The molecule has 0 aliphatic heterocycles. The lowest BCUT2D eigenvalue weighted by molar-refractivity contribution is 1.29. The summed E-state index contributed by atoms with van der Waals surface area (Å²) in [5, 5.41) is 4.40. The van der Waals surface area contributed by atoms with Gasteiger partial charge in [-0.1, -0.05) is 18.2 Å². The number of anilines is 1. The van der Waals surface area contributed by atoms with E-state index in [-0.39, 0.29) is 0 Å². The number of benzene rings is 1. The Labute approximate surface area is 114 Å². The van der Waals surface area contributed by atoms with Gasteiger partial charge in [-0.2, -0.15) is 5.10 Å². The summed E-state index contributed by atoms with van der Waals surface area (Å²) in [4.78, 5) is 1.16. The molecule has 0 unspecified atom stereocenters. The Balaban J connectivity index is 2.13. The molecular weight excluding hydrogens is 296 g/mol. The standard InChI is InChI=1S/C13H13BrN2S/c1-9-5-3-4-6-11(9)16-15-10(2)12-7-8-13(14)17-12/h3-8,16H,1-2H3/b15-10-. The lowest BCUT2D eigenvalue weighted by Gasteiger charge is -2.04. The first-order valence-corrected chi connectivity index (χ1v) is 6.89. The zero-order chi connectivity index (χ0) is 12.3. The number of nitrogens with zero attached hydrogens (tertiary/aromatic N) is 1. The molecule has 0 radical (unpaired) electrons. The molecule has 2 aromatic rings. The number of halogens is 1. The van der Waals surface area contributed by atoms with E-state index >= 15 is 0 Å². The number of rotatable bonds is 3. The van der Waals surface area contributed by atoms with Crippen molar-refractivity contribution in [3.05, 3.63) is 50.6 Å². The number of hydrogen-bond acceptors (Lipinski definition) is 3. The summed E-state index contributed by atoms with van der Waals surface area (Å²) in [6, 6.07) is 12.2. The molecule has 0 fully saturated rings. The van der Waals surface area contributed by atoms with Gasteiger partial charge < -0.3 is 0 Å². The predicted molar refractivity (Wildman–Crippen MR) is 79.0 cm³/mol. The zero-order valence-corrected chi connectivity index (χ0v) is 12.1. The van der Waals surface area contributed by atoms with Crippen molar-refractivity contribution in [1.82, 2.24) is 0 Å². The maximum Gasteiger partial charge on any atom is 0.0748 e. The number of hydrogen-bond donors (Lipinski definition) is 1. The van der Waals surface area contributed by atoms with Gasteiger partial charge in [0.2, 0.25) is 0 Å². The van der Waals surface area contributed by atoms with Crippen LogP contribution in [0.4, 0.5) is 5.69 Å². The highest BCUT2D eigenvalue weighted by Gasteiger charge is 2.01. The number of aryl methyl sites for hydroxylation is 1. The smallest absolute Gasteiger partial charge is 0.0748 e. The van der Waals surface area contributed by atoms with Crippen molar-refractivity contribution in [1.29, 1.82) is 0 Å². The maximum absolute atomic E-state index is 4.40. The van der Waals surface area contributed by atoms with Gasteiger partial charge >= 0.3 is 0 Å². The summed E-state index contributed by atoms with van der Waals surface area (Å²) in [5.41, 5.74) is 6.32. The van der Waals surface area contributed by atoms with Gasteiger partial charge in [-0.15, -0.1) is 11.3 Å². The van der Waals surface area contributed by atoms with Crippen LogP contribution in [-0.4, -0.2) is 5.71 Å². The van der Waals surface area contributed by atoms with E-state index in [1.54, 1.807) is 11.3 Å². The molecule has 0 saturated heterocycles. The highest BCUT2D eigenvalue weighted by atomic mass is 79.9. The quantitative estimate of drug-likeness (QED) is 0.647. The third-order valence-electron chi connectivity index (χ3n) is 2.42. The minimum atomic E-state index is 0.990. The lowest BCUT2D eigenvalue weighted by atomic mass is 10.2. The molecule has 2 nitrogen and oxygen atoms in total. The van der Waals surface area contributed by atoms with Crippen molar-refractivity contribution in [2.24, 2.45) is 5.10 Å². The molecule has 0 aliphatic rings. The summed E-state index contributed by atoms with van der Waals surface area (Å²) in [7, 11) is 0. The number of nitrogens with one attached hydrogen (secondary N) is 1. The fourth-order valence-corrected chi connectivity index (χ4v) is 2.74. The van der Waals surface area contributed by atoms with Crippen LogP contribution >= 0.6 is 27.3 Å². The van der Waals surface area contributed by atoms with Crippen molar-refractivity contribution >= 4 is 38.7 Å². The first kappa shape index (κ1) is 12.3. The predicted octanol–water partition coefficient (Wildman–Crippen LogP) is 4.66. The minimum absolute atomic E-state index is 0.990. The largest absolute Gasteiger partial charge is 0.278 e. The Bertz CT molecular complexity index is 546. The van der Waals surface area contributed by atoms with E-state index in [1.807, 2.05) is 31.2 Å². The maximum atomic E-state index is 4.40. The van der Waals surface area contributed by atoms with E-state index < -0.39 is 0 Å². The lowest BCUT2D eigenvalue weighted by Crippen LogP contribution is -1.98. The Kier molecular flexibility index (Phi) is 3.97. The van der Waals surface area contributed by atoms with Gasteiger partial charge in [-0.05, 0) is 53.5 Å². The molecule has 1 aromatic carbocycles. The van der Waals surface area contributed by atoms with Gasteiger partial charge in [0.25, 0.3) is 0 Å². The molecule has 0 bridgehead atoms. The third-order valence-corrected chi connectivity index (χ3v) is 4.15. The summed E-state index contributed by atoms with van der Waals surface area (Å²) in [5.74, 6) is 0. The van der Waals surface area contributed by atoms with Crippen LogP contribution in [0.15, 0.2) is 45.3 Å². The molecule has 0 amide bonds. The van der Waals surface area contributed by atoms with Crippen molar-refractivity contribution in [3.8, 4) is 0 Å². The molecule has 88 valence electrons. The van der Waals surface area contributed by atoms with Crippen LogP contribution in [0.5, 0.6) is 0 Å². The second-order valence-corrected chi connectivity index (χ2v) is 6.19. The van der Waals surface area contributed by atoms with Crippen LogP contribution in [0, 0.1) is 6.92 Å². The van der Waals surface area contributed by atoms with Gasteiger partial charge in [0, 0.05) is 0 Å². The summed E-state index contributed by atoms with van der Waals surface area (Å²) < 4.78 is 1.12. The van der Waals surface area contributed by atoms with E-state index in [9.17, 15) is 0 Å². The average molecular weight is 309 g/mol. The van der Waals surface area contributed by atoms with Crippen molar-refractivity contribution in [3.63, 3.8) is 0 Å². The SMILES string of the molecule is C/C(=N/Nc1ccccc1C)c1ccc(Br)s1. The zero-order valence-electron chi connectivity index (χ0n) is 9.70. The van der Waals surface area contributed by atoms with E-state index in [2.05, 4.69) is 45.5 Å². The molecule has 0 aliphatic carbocycles. The molecular formula is C13H13BrN2S. The minimum Gasteiger partial charge on any atom is -0.278 e. The fourth-order valence-electron chi connectivity index (χ4n) is 1.41. The third kappa shape index (κ3) is 3.17. The highest BCUT2D eigenvalue weighted by molar-refractivity contribution is 9.11. The molecule has 1 aromatic heterocycles. The summed E-state index contributed by atoms with van der Waals surface area (Å²) in [6.07, 6.45) is 0. The average Bonchev–Trinajstić information content (AvgIpc) is 2.74. The first-order chi connectivity index (χ1) is 8.16. The first-order valence-electron chi connectivity index (χ1n) is 5.28. The molecule has 0 saturated carbocycles. The second-order valence-electron chi connectivity index (χ2n) is 3.73. The summed E-state index contributed by atoms with van der Waals surface area (Å²) in [6.45, 7) is 4.07. The monoisotopic (exact) mass is 308 g/mol.